The zero-order valence-corrected chi connectivity index (χ0v) is 23.5. The number of carbonyl (C=O) groups is 3. The largest absolute Gasteiger partial charge is 0.352 e. The van der Waals surface area contributed by atoms with Crippen LogP contribution in [0.25, 0.3) is 6.08 Å². The molecule has 41 heavy (non-hydrogen) atoms. The van der Waals surface area contributed by atoms with E-state index in [2.05, 4.69) is 5.32 Å². The van der Waals surface area contributed by atoms with Gasteiger partial charge in [0.15, 0.2) is 11.6 Å². The summed E-state index contributed by atoms with van der Waals surface area (Å²) in [6.07, 6.45) is 3.95. The number of nitrogens with one attached hydrogen (secondary N) is 1. The molecule has 0 radical (unpaired) electrons. The minimum atomic E-state index is -1.37. The van der Waals surface area contributed by atoms with Gasteiger partial charge in [-0.1, -0.05) is 71.2 Å². The van der Waals surface area contributed by atoms with Crippen LogP contribution in [0.15, 0.2) is 97.1 Å². The van der Waals surface area contributed by atoms with E-state index in [4.69, 9.17) is 23.2 Å². The highest BCUT2D eigenvalue weighted by Crippen LogP contribution is 2.58. The molecule has 4 aromatic rings. The lowest BCUT2D eigenvalue weighted by molar-refractivity contribution is -0.121. The van der Waals surface area contributed by atoms with Gasteiger partial charge in [0, 0.05) is 32.5 Å². The van der Waals surface area contributed by atoms with Crippen LogP contribution in [0.5, 0.6) is 0 Å². The number of amides is 1. The quantitative estimate of drug-likeness (QED) is 0.261. The minimum Gasteiger partial charge on any atom is -0.352 e. The number of para-hydroxylation sites is 1. The Kier molecular flexibility index (Phi) is 5.93. The van der Waals surface area contributed by atoms with Crippen molar-refractivity contribution >= 4 is 58.1 Å². The van der Waals surface area contributed by atoms with E-state index in [1.807, 2.05) is 66.4 Å². The number of nitrogens with zero attached hydrogens (tertiary/aromatic N) is 1. The first kappa shape index (κ1) is 25.8. The molecule has 0 aromatic heterocycles. The van der Waals surface area contributed by atoms with Crippen LogP contribution >= 0.6 is 23.2 Å². The number of Topliss-reactive ketones (excluding diaryl/α,β-unsaturated/α-hetero) is 2. The van der Waals surface area contributed by atoms with Gasteiger partial charge < -0.3 is 10.2 Å². The van der Waals surface area contributed by atoms with Crippen LogP contribution in [0.1, 0.15) is 37.4 Å². The number of benzene rings is 4. The minimum absolute atomic E-state index is 0.255. The molecule has 1 saturated heterocycles. The molecule has 0 unspecified atom stereocenters. The first-order valence-corrected chi connectivity index (χ1v) is 14.1. The normalized spacial score (nSPS) is 23.6. The predicted molar refractivity (Wildman–Crippen MR) is 162 cm³/mol. The molecule has 7 heteroatoms. The van der Waals surface area contributed by atoms with Crippen molar-refractivity contribution in [2.24, 2.45) is 5.92 Å². The summed E-state index contributed by atoms with van der Waals surface area (Å²) in [5, 5.41) is 4.06. The number of aryl methyl sites for hydroxylation is 1. The molecule has 1 spiro atoms. The second kappa shape index (κ2) is 9.44. The fourth-order valence-electron chi connectivity index (χ4n) is 6.85. The van der Waals surface area contributed by atoms with Crippen molar-refractivity contribution in [1.29, 1.82) is 0 Å². The molecule has 7 rings (SSSR count). The highest BCUT2D eigenvalue weighted by molar-refractivity contribution is 6.31. The first-order valence-electron chi connectivity index (χ1n) is 13.4. The van der Waals surface area contributed by atoms with Gasteiger partial charge in [0.05, 0.1) is 12.0 Å². The van der Waals surface area contributed by atoms with Crippen molar-refractivity contribution in [1.82, 2.24) is 0 Å². The molecule has 0 saturated carbocycles. The molecule has 0 aliphatic carbocycles. The third kappa shape index (κ3) is 3.73. The number of halogens is 2. The molecule has 3 aliphatic rings. The van der Waals surface area contributed by atoms with Crippen LogP contribution in [0.4, 0.5) is 11.4 Å². The Morgan fingerprint density at radius 1 is 0.829 bits per heavy atom. The molecule has 1 amide bonds. The lowest BCUT2D eigenvalue weighted by Gasteiger charge is -2.37. The lowest BCUT2D eigenvalue weighted by atomic mass is 9.64. The number of ketones is 2. The van der Waals surface area contributed by atoms with Gasteiger partial charge in [0.2, 0.25) is 5.91 Å². The van der Waals surface area contributed by atoms with E-state index < -0.39 is 23.4 Å². The summed E-state index contributed by atoms with van der Waals surface area (Å²) in [5.74, 6) is -1.89. The molecule has 5 nitrogen and oxygen atoms in total. The maximum absolute atomic E-state index is 14.8. The van der Waals surface area contributed by atoms with Crippen molar-refractivity contribution in [3.05, 3.63) is 135 Å². The van der Waals surface area contributed by atoms with Gasteiger partial charge in [0.25, 0.3) is 0 Å². The van der Waals surface area contributed by atoms with E-state index >= 15 is 0 Å². The number of rotatable bonds is 4. The van der Waals surface area contributed by atoms with E-state index in [0.717, 1.165) is 22.4 Å². The van der Waals surface area contributed by atoms with Gasteiger partial charge in [-0.15, -0.1) is 0 Å². The van der Waals surface area contributed by atoms with Gasteiger partial charge in [0.1, 0.15) is 11.5 Å². The van der Waals surface area contributed by atoms with Crippen molar-refractivity contribution < 1.29 is 14.4 Å². The average molecular weight is 579 g/mol. The zero-order chi connectivity index (χ0) is 28.5. The van der Waals surface area contributed by atoms with Gasteiger partial charge in [-0.2, -0.15) is 0 Å². The van der Waals surface area contributed by atoms with Gasteiger partial charge in [-0.25, -0.2) is 0 Å². The third-order valence-electron chi connectivity index (χ3n) is 8.60. The summed E-state index contributed by atoms with van der Waals surface area (Å²) >= 11 is 12.3. The molecular weight excluding hydrogens is 555 g/mol. The van der Waals surface area contributed by atoms with Crippen LogP contribution in [0.3, 0.4) is 0 Å². The van der Waals surface area contributed by atoms with E-state index in [0.29, 0.717) is 26.9 Å². The summed E-state index contributed by atoms with van der Waals surface area (Å²) in [6.45, 7) is 1.96. The van der Waals surface area contributed by atoms with Gasteiger partial charge >= 0.3 is 0 Å². The monoisotopic (exact) mass is 578 g/mol. The Bertz CT molecular complexity index is 1780. The highest BCUT2D eigenvalue weighted by Gasteiger charge is 2.70. The van der Waals surface area contributed by atoms with Crippen LogP contribution < -0.4 is 10.2 Å². The Balaban J connectivity index is 1.54. The molecule has 0 bridgehead atoms. The fraction of sp³-hybridized carbons (Fsp3) is 0.147. The Hall–Kier alpha value is -4.19. The topological polar surface area (TPSA) is 66.5 Å². The van der Waals surface area contributed by atoms with Crippen molar-refractivity contribution in [3.63, 3.8) is 0 Å². The molecule has 4 atom stereocenters. The van der Waals surface area contributed by atoms with Crippen LogP contribution in [-0.2, 0) is 10.2 Å². The van der Waals surface area contributed by atoms with Crippen LogP contribution in [0, 0.1) is 12.8 Å². The number of fused-ring (bicyclic) bond motifs is 6. The Morgan fingerprint density at radius 2 is 1.46 bits per heavy atom. The standard InChI is InChI=1S/C34H24Cl2N2O3/c1-19-6-16-26-25(18-19)34(33(41)37-26)28-17-11-20-4-2-3-5-27(20)38(28)30(32(40)22-9-14-24(36)15-10-22)29(34)31(39)21-7-12-23(35)13-8-21/h2-18,28-30H,1H3,(H,37,41)/t28-,29+,30+,34-/m1/s1. The summed E-state index contributed by atoms with van der Waals surface area (Å²) < 4.78 is 0. The van der Waals surface area contributed by atoms with Crippen LogP contribution in [-0.4, -0.2) is 29.6 Å². The lowest BCUT2D eigenvalue weighted by Crippen LogP contribution is -2.51. The molecule has 3 aliphatic heterocycles. The van der Waals surface area contributed by atoms with Gasteiger partial charge in [-0.05, 0) is 78.7 Å². The number of hydrogen-bond acceptors (Lipinski definition) is 4. The fourth-order valence-corrected chi connectivity index (χ4v) is 7.11. The average Bonchev–Trinajstić information content (AvgIpc) is 3.45. The Labute approximate surface area is 247 Å². The summed E-state index contributed by atoms with van der Waals surface area (Å²) in [5.41, 5.74) is 3.48. The SMILES string of the molecule is Cc1ccc2c(c1)[C@]1(C(=O)N2)[C@H](C(=O)c2ccc(Cl)cc2)[C@@H](C(=O)c2ccc(Cl)cc2)N2c3ccccc3C=C[C@@H]21. The second-order valence-corrected chi connectivity index (χ2v) is 11.7. The Morgan fingerprint density at radius 3 is 2.15 bits per heavy atom. The van der Waals surface area contributed by atoms with E-state index in [9.17, 15) is 14.4 Å². The van der Waals surface area contributed by atoms with Crippen molar-refractivity contribution in [2.45, 2.75) is 24.4 Å². The molecule has 3 heterocycles. The van der Waals surface area contributed by atoms with E-state index in [1.165, 1.54) is 0 Å². The van der Waals surface area contributed by atoms with Crippen molar-refractivity contribution in [3.8, 4) is 0 Å². The smallest absolute Gasteiger partial charge is 0.238 e. The second-order valence-electron chi connectivity index (χ2n) is 10.8. The molecule has 1 N–H and O–H groups in total. The maximum Gasteiger partial charge on any atom is 0.238 e. The highest BCUT2D eigenvalue weighted by atomic mass is 35.5. The van der Waals surface area contributed by atoms with Crippen molar-refractivity contribution in [2.75, 3.05) is 10.2 Å². The number of carbonyl (C=O) groups excluding carboxylic acids is 3. The summed E-state index contributed by atoms with van der Waals surface area (Å²) in [4.78, 5) is 45.8. The molecule has 1 fully saturated rings. The van der Waals surface area contributed by atoms with E-state index in [1.54, 1.807) is 48.5 Å². The molecular formula is C34H24Cl2N2O3. The van der Waals surface area contributed by atoms with Crippen LogP contribution in [0.2, 0.25) is 10.0 Å². The number of anilines is 2. The van der Waals surface area contributed by atoms with E-state index in [-0.39, 0.29) is 17.5 Å². The number of hydrogen-bond donors (Lipinski definition) is 1. The third-order valence-corrected chi connectivity index (χ3v) is 9.10. The maximum atomic E-state index is 14.8. The first-order chi connectivity index (χ1) is 19.8. The van der Waals surface area contributed by atoms with Gasteiger partial charge in [-0.3, -0.25) is 14.4 Å². The zero-order valence-electron chi connectivity index (χ0n) is 22.0. The molecule has 4 aromatic carbocycles. The summed E-state index contributed by atoms with van der Waals surface area (Å²) in [7, 11) is 0. The predicted octanol–water partition coefficient (Wildman–Crippen LogP) is 7.16. The summed E-state index contributed by atoms with van der Waals surface area (Å²) in [6, 6.07) is 25.3. The molecule has 202 valence electrons.